The smallest absolute Gasteiger partial charge is 0.354 e. The molecule has 0 aliphatic carbocycles. The summed E-state index contributed by atoms with van der Waals surface area (Å²) < 4.78 is 0. The molecule has 0 amide bonds. The Morgan fingerprint density at radius 3 is 2.89 bits per heavy atom. The summed E-state index contributed by atoms with van der Waals surface area (Å²) in [4.78, 5) is 17.1. The first-order chi connectivity index (χ1) is 9.08. The number of carboxylic acid groups (broad SMARTS) is 1. The summed E-state index contributed by atoms with van der Waals surface area (Å²) in [6, 6.07) is 3.58. The zero-order chi connectivity index (χ0) is 13.8. The molecule has 4 nitrogen and oxygen atoms in total. The average molecular weight is 262 g/mol. The van der Waals surface area contributed by atoms with Crippen LogP contribution >= 0.6 is 0 Å². The molecule has 19 heavy (non-hydrogen) atoms. The van der Waals surface area contributed by atoms with Crippen LogP contribution in [0.2, 0.25) is 0 Å². The lowest BCUT2D eigenvalue weighted by Gasteiger charge is -2.23. The second-order valence-electron chi connectivity index (χ2n) is 5.63. The highest BCUT2D eigenvalue weighted by Gasteiger charge is 2.20. The van der Waals surface area contributed by atoms with E-state index in [1.165, 1.54) is 19.3 Å². The molecule has 1 unspecified atom stereocenters. The number of anilines is 1. The Morgan fingerprint density at radius 1 is 1.42 bits per heavy atom. The normalized spacial score (nSPS) is 20.4. The monoisotopic (exact) mass is 262 g/mol. The van der Waals surface area contributed by atoms with E-state index in [-0.39, 0.29) is 5.69 Å². The van der Waals surface area contributed by atoms with Crippen molar-refractivity contribution in [1.82, 2.24) is 4.98 Å². The van der Waals surface area contributed by atoms with Crippen molar-refractivity contribution in [3.63, 3.8) is 0 Å². The summed E-state index contributed by atoms with van der Waals surface area (Å²) in [7, 11) is 0. The Labute approximate surface area is 114 Å². The predicted molar refractivity (Wildman–Crippen MR) is 75.6 cm³/mol. The first-order valence-electron chi connectivity index (χ1n) is 7.02. The fourth-order valence-electron chi connectivity index (χ4n) is 2.78. The van der Waals surface area contributed by atoms with Gasteiger partial charge in [0, 0.05) is 25.0 Å². The summed E-state index contributed by atoms with van der Waals surface area (Å²) in [5.74, 6) is 0.550. The number of carbonyl (C=O) groups is 1. The number of pyridine rings is 1. The van der Waals surface area contributed by atoms with Crippen molar-refractivity contribution in [2.75, 3.05) is 18.0 Å². The number of hydrogen-bond acceptors (Lipinski definition) is 3. The number of aromatic carboxylic acids is 1. The van der Waals surface area contributed by atoms with Gasteiger partial charge in [-0.2, -0.15) is 0 Å². The lowest BCUT2D eigenvalue weighted by atomic mass is 9.89. The SMILES string of the molecule is CC(C)C1CCCN(c2ccnc(C(=O)O)c2)CC1. The van der Waals surface area contributed by atoms with Crippen molar-refractivity contribution in [3.05, 3.63) is 24.0 Å². The molecular formula is C15H22N2O2. The first kappa shape index (κ1) is 13.8. The molecule has 1 aliphatic rings. The molecule has 1 aliphatic heterocycles. The van der Waals surface area contributed by atoms with E-state index in [2.05, 4.69) is 23.7 Å². The lowest BCUT2D eigenvalue weighted by molar-refractivity contribution is 0.0690. The Kier molecular flexibility index (Phi) is 4.40. The summed E-state index contributed by atoms with van der Waals surface area (Å²) in [5.41, 5.74) is 1.11. The fraction of sp³-hybridized carbons (Fsp3) is 0.600. The van der Waals surface area contributed by atoms with Gasteiger partial charge in [0.25, 0.3) is 0 Å². The van der Waals surface area contributed by atoms with E-state index in [0.29, 0.717) is 0 Å². The molecular weight excluding hydrogens is 240 g/mol. The molecule has 1 saturated heterocycles. The van der Waals surface area contributed by atoms with Crippen molar-refractivity contribution in [3.8, 4) is 0 Å². The topological polar surface area (TPSA) is 53.4 Å². The van der Waals surface area contributed by atoms with Crippen LogP contribution in [0.3, 0.4) is 0 Å². The van der Waals surface area contributed by atoms with Gasteiger partial charge in [-0.25, -0.2) is 9.78 Å². The van der Waals surface area contributed by atoms with E-state index >= 15 is 0 Å². The number of nitrogens with zero attached hydrogens (tertiary/aromatic N) is 2. The third-order valence-corrected chi connectivity index (χ3v) is 4.04. The summed E-state index contributed by atoms with van der Waals surface area (Å²) in [6.07, 6.45) is 5.21. The van der Waals surface area contributed by atoms with Crippen LogP contribution in [0.1, 0.15) is 43.6 Å². The predicted octanol–water partition coefficient (Wildman–Crippen LogP) is 3.04. The average Bonchev–Trinajstić information content (AvgIpc) is 2.64. The van der Waals surface area contributed by atoms with Gasteiger partial charge < -0.3 is 10.0 Å². The molecule has 1 atom stereocenters. The Bertz CT molecular complexity index is 446. The number of hydrogen-bond donors (Lipinski definition) is 1. The molecule has 0 saturated carbocycles. The Morgan fingerprint density at radius 2 is 2.21 bits per heavy atom. The minimum Gasteiger partial charge on any atom is -0.477 e. The first-order valence-corrected chi connectivity index (χ1v) is 7.02. The Balaban J connectivity index is 2.09. The maximum atomic E-state index is 11.0. The van der Waals surface area contributed by atoms with Crippen LogP contribution in [0.5, 0.6) is 0 Å². The molecule has 1 aromatic rings. The summed E-state index contributed by atoms with van der Waals surface area (Å²) in [6.45, 7) is 6.59. The van der Waals surface area contributed by atoms with E-state index in [1.807, 2.05) is 6.07 Å². The van der Waals surface area contributed by atoms with Crippen molar-refractivity contribution in [1.29, 1.82) is 0 Å². The van der Waals surface area contributed by atoms with Gasteiger partial charge >= 0.3 is 5.97 Å². The number of carboxylic acids is 1. The zero-order valence-electron chi connectivity index (χ0n) is 11.7. The van der Waals surface area contributed by atoms with E-state index < -0.39 is 5.97 Å². The highest BCUT2D eigenvalue weighted by molar-refractivity contribution is 5.86. The van der Waals surface area contributed by atoms with Gasteiger partial charge in [-0.15, -0.1) is 0 Å². The summed E-state index contributed by atoms with van der Waals surface area (Å²) in [5, 5.41) is 9.00. The zero-order valence-corrected chi connectivity index (χ0v) is 11.7. The Hall–Kier alpha value is -1.58. The van der Waals surface area contributed by atoms with Crippen LogP contribution in [-0.2, 0) is 0 Å². The maximum Gasteiger partial charge on any atom is 0.354 e. The molecule has 0 spiro atoms. The molecule has 4 heteroatoms. The summed E-state index contributed by atoms with van der Waals surface area (Å²) >= 11 is 0. The van der Waals surface area contributed by atoms with E-state index in [9.17, 15) is 4.79 Å². The van der Waals surface area contributed by atoms with Gasteiger partial charge in [0.1, 0.15) is 5.69 Å². The van der Waals surface area contributed by atoms with Crippen LogP contribution in [0.25, 0.3) is 0 Å². The van der Waals surface area contributed by atoms with Gasteiger partial charge in [0.15, 0.2) is 0 Å². The third kappa shape index (κ3) is 3.46. The minimum absolute atomic E-state index is 0.127. The van der Waals surface area contributed by atoms with Crippen LogP contribution in [-0.4, -0.2) is 29.1 Å². The highest BCUT2D eigenvalue weighted by Crippen LogP contribution is 2.27. The van der Waals surface area contributed by atoms with Crippen molar-refractivity contribution in [2.24, 2.45) is 11.8 Å². The van der Waals surface area contributed by atoms with Gasteiger partial charge in [-0.1, -0.05) is 13.8 Å². The van der Waals surface area contributed by atoms with Crippen LogP contribution in [0, 0.1) is 11.8 Å². The molecule has 0 bridgehead atoms. The van der Waals surface area contributed by atoms with Gasteiger partial charge in [0.2, 0.25) is 0 Å². The molecule has 104 valence electrons. The van der Waals surface area contributed by atoms with Crippen molar-refractivity contribution >= 4 is 11.7 Å². The quantitative estimate of drug-likeness (QED) is 0.909. The highest BCUT2D eigenvalue weighted by atomic mass is 16.4. The molecule has 1 aromatic heterocycles. The largest absolute Gasteiger partial charge is 0.477 e. The maximum absolute atomic E-state index is 11.0. The molecule has 1 fully saturated rings. The fourth-order valence-corrected chi connectivity index (χ4v) is 2.78. The van der Waals surface area contributed by atoms with Crippen LogP contribution in [0.4, 0.5) is 5.69 Å². The van der Waals surface area contributed by atoms with Gasteiger partial charge in [0.05, 0.1) is 0 Å². The van der Waals surface area contributed by atoms with E-state index in [0.717, 1.165) is 30.6 Å². The molecule has 1 N–H and O–H groups in total. The lowest BCUT2D eigenvalue weighted by Crippen LogP contribution is -2.25. The molecule has 0 aromatic carbocycles. The minimum atomic E-state index is -0.961. The van der Waals surface area contributed by atoms with Crippen LogP contribution < -0.4 is 4.90 Å². The van der Waals surface area contributed by atoms with Gasteiger partial charge in [-0.05, 0) is 43.2 Å². The molecule has 2 heterocycles. The molecule has 0 radical (unpaired) electrons. The molecule has 2 rings (SSSR count). The van der Waals surface area contributed by atoms with Crippen molar-refractivity contribution in [2.45, 2.75) is 33.1 Å². The standard InChI is InChI=1S/C15H22N2O2/c1-11(2)12-4-3-8-17(9-6-12)13-5-7-16-14(10-13)15(18)19/h5,7,10-12H,3-4,6,8-9H2,1-2H3,(H,18,19). The number of aromatic nitrogens is 1. The second kappa shape index (κ2) is 6.04. The van der Waals surface area contributed by atoms with Crippen molar-refractivity contribution < 1.29 is 9.90 Å². The third-order valence-electron chi connectivity index (χ3n) is 4.04. The van der Waals surface area contributed by atoms with E-state index in [1.54, 1.807) is 12.3 Å². The second-order valence-corrected chi connectivity index (χ2v) is 5.63. The van der Waals surface area contributed by atoms with Gasteiger partial charge in [-0.3, -0.25) is 0 Å². The van der Waals surface area contributed by atoms with E-state index in [4.69, 9.17) is 5.11 Å². The number of rotatable bonds is 3. The van der Waals surface area contributed by atoms with Crippen LogP contribution in [0.15, 0.2) is 18.3 Å².